The van der Waals surface area contributed by atoms with Crippen LogP contribution < -0.4 is 9.47 Å². The minimum absolute atomic E-state index is 0.0671. The molecule has 0 atom stereocenters. The molecule has 21 heavy (non-hydrogen) atoms. The standard InChI is InChI=1S/C18H16O3/c1-3-20-14-7-5-13(6-8-14)11-17-18(19)15-10-12(2)4-9-16(15)21-17/h4-11H,3H2,1-2H3/b17-11-. The van der Waals surface area contributed by atoms with E-state index in [9.17, 15) is 4.79 Å². The summed E-state index contributed by atoms with van der Waals surface area (Å²) in [5.74, 6) is 1.74. The lowest BCUT2D eigenvalue weighted by Crippen LogP contribution is -1.98. The molecule has 3 heteroatoms. The molecular formula is C18H16O3. The molecule has 0 aliphatic carbocycles. The zero-order chi connectivity index (χ0) is 14.8. The lowest BCUT2D eigenvalue weighted by atomic mass is 10.1. The molecule has 0 spiro atoms. The summed E-state index contributed by atoms with van der Waals surface area (Å²) in [4.78, 5) is 12.3. The molecule has 0 fully saturated rings. The molecule has 0 radical (unpaired) electrons. The first-order valence-corrected chi connectivity index (χ1v) is 6.95. The second-order valence-corrected chi connectivity index (χ2v) is 4.94. The van der Waals surface area contributed by atoms with Gasteiger partial charge in [0.1, 0.15) is 11.5 Å². The molecule has 0 N–H and O–H groups in total. The summed E-state index contributed by atoms with van der Waals surface area (Å²) in [5, 5.41) is 0. The highest BCUT2D eigenvalue weighted by atomic mass is 16.5. The van der Waals surface area contributed by atoms with Crippen LogP contribution in [0.5, 0.6) is 11.5 Å². The van der Waals surface area contributed by atoms with Gasteiger partial charge >= 0.3 is 0 Å². The van der Waals surface area contributed by atoms with E-state index in [2.05, 4.69) is 0 Å². The monoisotopic (exact) mass is 280 g/mol. The van der Waals surface area contributed by atoms with Gasteiger partial charge in [0.25, 0.3) is 0 Å². The molecule has 1 aliphatic rings. The molecule has 3 nitrogen and oxygen atoms in total. The molecule has 0 amide bonds. The average Bonchev–Trinajstić information content (AvgIpc) is 2.78. The Kier molecular flexibility index (Phi) is 3.48. The fourth-order valence-electron chi connectivity index (χ4n) is 2.28. The van der Waals surface area contributed by atoms with Crippen LogP contribution in [0.25, 0.3) is 6.08 Å². The summed E-state index contributed by atoms with van der Waals surface area (Å²) in [6, 6.07) is 13.2. The SMILES string of the molecule is CCOc1ccc(/C=C2\Oc3ccc(C)cc3C2=O)cc1. The summed E-state index contributed by atoms with van der Waals surface area (Å²) in [6.45, 7) is 4.54. The Labute approximate surface area is 123 Å². The molecule has 3 rings (SSSR count). The lowest BCUT2D eigenvalue weighted by Gasteiger charge is -2.03. The number of hydrogen-bond donors (Lipinski definition) is 0. The van der Waals surface area contributed by atoms with Gasteiger partial charge in [0.2, 0.25) is 5.78 Å². The van der Waals surface area contributed by atoms with E-state index in [1.807, 2.05) is 56.3 Å². The maximum atomic E-state index is 12.3. The third kappa shape index (κ3) is 2.68. The van der Waals surface area contributed by atoms with Gasteiger partial charge in [-0.05, 0) is 49.8 Å². The Morgan fingerprint density at radius 3 is 2.62 bits per heavy atom. The van der Waals surface area contributed by atoms with Gasteiger partial charge in [-0.3, -0.25) is 4.79 Å². The highest BCUT2D eigenvalue weighted by Crippen LogP contribution is 2.32. The lowest BCUT2D eigenvalue weighted by molar-refractivity contribution is 0.101. The summed E-state index contributed by atoms with van der Waals surface area (Å²) >= 11 is 0. The van der Waals surface area contributed by atoms with E-state index in [0.717, 1.165) is 16.9 Å². The number of aryl methyl sites for hydroxylation is 1. The summed E-state index contributed by atoms with van der Waals surface area (Å²) in [6.07, 6.45) is 1.76. The number of benzene rings is 2. The number of hydrogen-bond acceptors (Lipinski definition) is 3. The molecular weight excluding hydrogens is 264 g/mol. The van der Waals surface area contributed by atoms with Gasteiger partial charge in [-0.15, -0.1) is 0 Å². The van der Waals surface area contributed by atoms with Crippen molar-refractivity contribution in [1.82, 2.24) is 0 Å². The average molecular weight is 280 g/mol. The Bertz CT molecular complexity index is 712. The Hall–Kier alpha value is -2.55. The molecule has 0 unspecified atom stereocenters. The quantitative estimate of drug-likeness (QED) is 0.797. The maximum absolute atomic E-state index is 12.3. The molecule has 0 saturated heterocycles. The van der Waals surface area contributed by atoms with Crippen LogP contribution >= 0.6 is 0 Å². The van der Waals surface area contributed by atoms with Crippen LogP contribution in [0.4, 0.5) is 0 Å². The summed E-state index contributed by atoms with van der Waals surface area (Å²) < 4.78 is 11.0. The molecule has 2 aromatic carbocycles. The van der Waals surface area contributed by atoms with Crippen LogP contribution in [0.3, 0.4) is 0 Å². The predicted molar refractivity (Wildman–Crippen MR) is 81.7 cm³/mol. The Morgan fingerprint density at radius 1 is 1.14 bits per heavy atom. The van der Waals surface area contributed by atoms with Crippen LogP contribution in [0.1, 0.15) is 28.4 Å². The highest BCUT2D eigenvalue weighted by molar-refractivity contribution is 6.14. The van der Waals surface area contributed by atoms with Crippen LogP contribution in [0.2, 0.25) is 0 Å². The van der Waals surface area contributed by atoms with Crippen molar-refractivity contribution in [3.8, 4) is 11.5 Å². The third-order valence-corrected chi connectivity index (χ3v) is 3.31. The number of carbonyl (C=O) groups excluding carboxylic acids is 1. The fraction of sp³-hybridized carbons (Fsp3) is 0.167. The maximum Gasteiger partial charge on any atom is 0.231 e. The minimum Gasteiger partial charge on any atom is -0.494 e. The number of allylic oxidation sites excluding steroid dienone is 1. The van der Waals surface area contributed by atoms with Crippen LogP contribution in [0.15, 0.2) is 48.2 Å². The van der Waals surface area contributed by atoms with Gasteiger partial charge in [-0.1, -0.05) is 23.8 Å². The van der Waals surface area contributed by atoms with E-state index < -0.39 is 0 Å². The zero-order valence-corrected chi connectivity index (χ0v) is 12.1. The normalized spacial score (nSPS) is 15.0. The third-order valence-electron chi connectivity index (χ3n) is 3.31. The van der Waals surface area contributed by atoms with E-state index in [-0.39, 0.29) is 5.78 Å². The van der Waals surface area contributed by atoms with E-state index in [1.165, 1.54) is 0 Å². The van der Waals surface area contributed by atoms with Gasteiger partial charge in [-0.2, -0.15) is 0 Å². The van der Waals surface area contributed by atoms with Crippen molar-refractivity contribution in [3.63, 3.8) is 0 Å². The van der Waals surface area contributed by atoms with Crippen molar-refractivity contribution in [3.05, 3.63) is 64.9 Å². The summed E-state index contributed by atoms with van der Waals surface area (Å²) in [5.41, 5.74) is 2.59. The smallest absolute Gasteiger partial charge is 0.231 e. The molecule has 2 aromatic rings. The first-order chi connectivity index (χ1) is 10.2. The van der Waals surface area contributed by atoms with E-state index in [4.69, 9.17) is 9.47 Å². The number of fused-ring (bicyclic) bond motifs is 1. The largest absolute Gasteiger partial charge is 0.494 e. The fourth-order valence-corrected chi connectivity index (χ4v) is 2.28. The van der Waals surface area contributed by atoms with Crippen molar-refractivity contribution < 1.29 is 14.3 Å². The number of ketones is 1. The second kappa shape index (κ2) is 5.44. The van der Waals surface area contributed by atoms with Crippen molar-refractivity contribution >= 4 is 11.9 Å². The summed E-state index contributed by atoms with van der Waals surface area (Å²) in [7, 11) is 0. The number of ether oxygens (including phenoxy) is 2. The number of carbonyl (C=O) groups is 1. The van der Waals surface area contributed by atoms with Crippen LogP contribution in [-0.4, -0.2) is 12.4 Å². The predicted octanol–water partition coefficient (Wildman–Crippen LogP) is 4.01. The highest BCUT2D eigenvalue weighted by Gasteiger charge is 2.26. The molecule has 0 bridgehead atoms. The zero-order valence-electron chi connectivity index (χ0n) is 12.1. The Balaban J connectivity index is 1.87. The molecule has 1 heterocycles. The van der Waals surface area contributed by atoms with Crippen molar-refractivity contribution in [2.24, 2.45) is 0 Å². The van der Waals surface area contributed by atoms with Crippen molar-refractivity contribution in [1.29, 1.82) is 0 Å². The van der Waals surface area contributed by atoms with Crippen LogP contribution in [-0.2, 0) is 0 Å². The van der Waals surface area contributed by atoms with Crippen LogP contribution in [0, 0.1) is 6.92 Å². The second-order valence-electron chi connectivity index (χ2n) is 4.94. The Morgan fingerprint density at radius 2 is 1.90 bits per heavy atom. The molecule has 106 valence electrons. The minimum atomic E-state index is -0.0671. The van der Waals surface area contributed by atoms with Gasteiger partial charge in [0.05, 0.1) is 12.2 Å². The number of Topliss-reactive ketones (excluding diaryl/α,β-unsaturated/α-hetero) is 1. The van der Waals surface area contributed by atoms with Crippen molar-refractivity contribution in [2.75, 3.05) is 6.61 Å². The van der Waals surface area contributed by atoms with E-state index in [0.29, 0.717) is 23.7 Å². The number of rotatable bonds is 3. The topological polar surface area (TPSA) is 35.5 Å². The van der Waals surface area contributed by atoms with Gasteiger partial charge in [-0.25, -0.2) is 0 Å². The first-order valence-electron chi connectivity index (χ1n) is 6.95. The van der Waals surface area contributed by atoms with E-state index >= 15 is 0 Å². The first kappa shape index (κ1) is 13.4. The van der Waals surface area contributed by atoms with Crippen molar-refractivity contribution in [2.45, 2.75) is 13.8 Å². The molecule has 1 aliphatic heterocycles. The molecule has 0 aromatic heterocycles. The molecule has 0 saturated carbocycles. The van der Waals surface area contributed by atoms with Gasteiger partial charge in [0.15, 0.2) is 5.76 Å². The van der Waals surface area contributed by atoms with Gasteiger partial charge in [0, 0.05) is 0 Å². The van der Waals surface area contributed by atoms with E-state index in [1.54, 1.807) is 6.08 Å². The van der Waals surface area contributed by atoms with Gasteiger partial charge < -0.3 is 9.47 Å².